The molecule has 0 saturated heterocycles. The van der Waals surface area contributed by atoms with E-state index in [0.29, 0.717) is 36.7 Å². The molecule has 3 N–H and O–H groups in total. The molecule has 0 radical (unpaired) electrons. The zero-order valence-corrected chi connectivity index (χ0v) is 12.0. The first-order chi connectivity index (χ1) is 9.52. The molecule has 0 atom stereocenters. The van der Waals surface area contributed by atoms with Gasteiger partial charge in [0.2, 0.25) is 5.95 Å². The fourth-order valence-electron chi connectivity index (χ4n) is 2.24. The molecule has 0 saturated carbocycles. The number of hydrogen-bond acceptors (Lipinski definition) is 5. The van der Waals surface area contributed by atoms with Crippen LogP contribution in [0.25, 0.3) is 11.2 Å². The Bertz CT molecular complexity index is 739. The van der Waals surface area contributed by atoms with E-state index in [9.17, 15) is 9.59 Å². The van der Waals surface area contributed by atoms with Crippen LogP contribution in [0.4, 0.5) is 5.95 Å². The smallest absolute Gasteiger partial charge is 0.332 e. The lowest BCUT2D eigenvalue weighted by Crippen LogP contribution is -2.37. The van der Waals surface area contributed by atoms with Crippen LogP contribution in [0.5, 0.6) is 0 Å². The third-order valence-corrected chi connectivity index (χ3v) is 3.21. The maximum atomic E-state index is 12.2. The van der Waals surface area contributed by atoms with Crippen molar-refractivity contribution in [1.82, 2.24) is 18.7 Å². The summed E-state index contributed by atoms with van der Waals surface area (Å²) in [4.78, 5) is 28.5. The SMILES string of the molecule is CCCn1c(NCCN)nc2c(=O)n(C)c(=O)n(C)c21. The van der Waals surface area contributed by atoms with Gasteiger partial charge in [-0.3, -0.25) is 18.5 Å². The van der Waals surface area contributed by atoms with Gasteiger partial charge in [-0.05, 0) is 6.42 Å². The Hall–Kier alpha value is -2.09. The predicted octanol–water partition coefficient (Wildman–Crippen LogP) is -0.786. The molecule has 8 nitrogen and oxygen atoms in total. The summed E-state index contributed by atoms with van der Waals surface area (Å²) in [5.74, 6) is 0.575. The second-order valence-electron chi connectivity index (χ2n) is 4.68. The van der Waals surface area contributed by atoms with Gasteiger partial charge in [0.25, 0.3) is 5.56 Å². The summed E-state index contributed by atoms with van der Waals surface area (Å²) in [5.41, 5.74) is 5.58. The van der Waals surface area contributed by atoms with Gasteiger partial charge in [-0.15, -0.1) is 0 Å². The molecule has 0 aliphatic carbocycles. The third kappa shape index (κ3) is 2.11. The maximum Gasteiger partial charge on any atom is 0.332 e. The molecule has 0 aliphatic heterocycles. The van der Waals surface area contributed by atoms with Crippen molar-refractivity contribution in [2.24, 2.45) is 19.8 Å². The highest BCUT2D eigenvalue weighted by Crippen LogP contribution is 2.15. The van der Waals surface area contributed by atoms with Gasteiger partial charge < -0.3 is 11.1 Å². The summed E-state index contributed by atoms with van der Waals surface area (Å²) >= 11 is 0. The number of fused-ring (bicyclic) bond motifs is 1. The Morgan fingerprint density at radius 1 is 1.25 bits per heavy atom. The molecule has 20 heavy (non-hydrogen) atoms. The Morgan fingerprint density at radius 2 is 1.95 bits per heavy atom. The lowest BCUT2D eigenvalue weighted by Gasteiger charge is -2.10. The van der Waals surface area contributed by atoms with Gasteiger partial charge in [0.05, 0.1) is 0 Å². The van der Waals surface area contributed by atoms with Crippen molar-refractivity contribution in [3.8, 4) is 0 Å². The molecule has 0 spiro atoms. The number of aromatic nitrogens is 4. The number of hydrogen-bond donors (Lipinski definition) is 2. The van der Waals surface area contributed by atoms with E-state index in [-0.39, 0.29) is 11.2 Å². The van der Waals surface area contributed by atoms with Crippen LogP contribution in [0.3, 0.4) is 0 Å². The average molecular weight is 280 g/mol. The van der Waals surface area contributed by atoms with E-state index < -0.39 is 0 Å². The first kappa shape index (κ1) is 14.3. The van der Waals surface area contributed by atoms with Gasteiger partial charge in [-0.25, -0.2) is 9.78 Å². The van der Waals surface area contributed by atoms with E-state index in [2.05, 4.69) is 10.3 Å². The molecule has 2 rings (SSSR count). The molecule has 0 bridgehead atoms. The molecular weight excluding hydrogens is 260 g/mol. The fraction of sp³-hybridized carbons (Fsp3) is 0.583. The molecule has 0 amide bonds. The third-order valence-electron chi connectivity index (χ3n) is 3.21. The van der Waals surface area contributed by atoms with Gasteiger partial charge in [0.1, 0.15) is 0 Å². The predicted molar refractivity (Wildman–Crippen MR) is 78.1 cm³/mol. The number of nitrogens with zero attached hydrogens (tertiary/aromatic N) is 4. The van der Waals surface area contributed by atoms with Crippen LogP contribution in [0.1, 0.15) is 13.3 Å². The summed E-state index contributed by atoms with van der Waals surface area (Å²) in [7, 11) is 3.10. The van der Waals surface area contributed by atoms with Crippen molar-refractivity contribution in [3.05, 3.63) is 20.8 Å². The number of anilines is 1. The van der Waals surface area contributed by atoms with Crippen molar-refractivity contribution in [3.63, 3.8) is 0 Å². The van der Waals surface area contributed by atoms with Crippen LogP contribution < -0.4 is 22.3 Å². The van der Waals surface area contributed by atoms with E-state index in [0.717, 1.165) is 11.0 Å². The normalized spacial score (nSPS) is 11.2. The fourth-order valence-corrected chi connectivity index (χ4v) is 2.24. The number of nitrogens with two attached hydrogens (primary N) is 1. The van der Waals surface area contributed by atoms with Crippen LogP contribution in [-0.4, -0.2) is 31.8 Å². The molecule has 2 aromatic rings. The first-order valence-electron chi connectivity index (χ1n) is 6.63. The molecule has 0 fully saturated rings. The summed E-state index contributed by atoms with van der Waals surface area (Å²) in [6.45, 7) is 3.72. The molecule has 8 heteroatoms. The number of aryl methyl sites for hydroxylation is 2. The van der Waals surface area contributed by atoms with Gasteiger partial charge in [-0.2, -0.15) is 0 Å². The minimum atomic E-state index is -0.381. The minimum Gasteiger partial charge on any atom is -0.354 e. The topological polar surface area (TPSA) is 99.9 Å². The number of nitrogens with one attached hydrogen (secondary N) is 1. The Labute approximate surface area is 115 Å². The van der Waals surface area contributed by atoms with Crippen molar-refractivity contribution in [2.75, 3.05) is 18.4 Å². The summed E-state index contributed by atoms with van der Waals surface area (Å²) in [6, 6.07) is 0. The molecule has 0 unspecified atom stereocenters. The standard InChI is InChI=1S/C12H20N6O2/c1-4-7-18-9-8(15-11(18)14-6-5-13)10(19)17(3)12(20)16(9)2/h4-7,13H2,1-3H3,(H,14,15). The van der Waals surface area contributed by atoms with Crippen molar-refractivity contribution in [1.29, 1.82) is 0 Å². The van der Waals surface area contributed by atoms with Gasteiger partial charge >= 0.3 is 5.69 Å². The summed E-state index contributed by atoms with van der Waals surface area (Å²) < 4.78 is 4.37. The number of imidazole rings is 1. The lowest BCUT2D eigenvalue weighted by atomic mass is 10.4. The van der Waals surface area contributed by atoms with E-state index >= 15 is 0 Å². The van der Waals surface area contributed by atoms with Crippen molar-refractivity contribution < 1.29 is 0 Å². The van der Waals surface area contributed by atoms with E-state index in [1.54, 1.807) is 7.05 Å². The molecule has 0 aromatic carbocycles. The Kier molecular flexibility index (Phi) is 3.93. The Morgan fingerprint density at radius 3 is 2.55 bits per heavy atom. The van der Waals surface area contributed by atoms with Crippen molar-refractivity contribution >= 4 is 17.1 Å². The average Bonchev–Trinajstić information content (AvgIpc) is 2.80. The van der Waals surface area contributed by atoms with E-state index in [1.165, 1.54) is 11.6 Å². The summed E-state index contributed by atoms with van der Waals surface area (Å²) in [6.07, 6.45) is 0.867. The van der Waals surface area contributed by atoms with Gasteiger partial charge in [0, 0.05) is 33.7 Å². The van der Waals surface area contributed by atoms with Crippen LogP contribution in [-0.2, 0) is 20.6 Å². The highest BCUT2D eigenvalue weighted by molar-refractivity contribution is 5.74. The zero-order valence-electron chi connectivity index (χ0n) is 12.0. The summed E-state index contributed by atoms with van der Waals surface area (Å²) in [5, 5.41) is 3.09. The largest absolute Gasteiger partial charge is 0.354 e. The molecule has 2 heterocycles. The molecule has 2 aromatic heterocycles. The van der Waals surface area contributed by atoms with Crippen molar-refractivity contribution in [2.45, 2.75) is 19.9 Å². The first-order valence-corrected chi connectivity index (χ1v) is 6.63. The second kappa shape index (κ2) is 5.49. The minimum absolute atomic E-state index is 0.294. The lowest BCUT2D eigenvalue weighted by molar-refractivity contribution is 0.655. The van der Waals surface area contributed by atoms with Crippen LogP contribution in [0, 0.1) is 0 Å². The quantitative estimate of drug-likeness (QED) is 0.748. The molecule has 0 aliphatic rings. The van der Waals surface area contributed by atoms with Gasteiger partial charge in [0.15, 0.2) is 11.2 Å². The monoisotopic (exact) mass is 280 g/mol. The highest BCUT2D eigenvalue weighted by Gasteiger charge is 2.18. The highest BCUT2D eigenvalue weighted by atomic mass is 16.2. The van der Waals surface area contributed by atoms with Crippen LogP contribution in [0.2, 0.25) is 0 Å². The van der Waals surface area contributed by atoms with Gasteiger partial charge in [-0.1, -0.05) is 6.92 Å². The van der Waals surface area contributed by atoms with E-state index in [1.807, 2.05) is 11.5 Å². The number of rotatable bonds is 5. The molecule has 110 valence electrons. The molecular formula is C12H20N6O2. The van der Waals surface area contributed by atoms with E-state index in [4.69, 9.17) is 5.73 Å². The van der Waals surface area contributed by atoms with Crippen LogP contribution >= 0.6 is 0 Å². The maximum absolute atomic E-state index is 12.2. The van der Waals surface area contributed by atoms with Crippen LogP contribution in [0.15, 0.2) is 9.59 Å². The zero-order chi connectivity index (χ0) is 14.9. The Balaban J connectivity index is 2.80. The second-order valence-corrected chi connectivity index (χ2v) is 4.68.